The van der Waals surface area contributed by atoms with Crippen LogP contribution in [0.1, 0.15) is 36.6 Å². The first-order valence-electron chi connectivity index (χ1n) is 13.9. The van der Waals surface area contributed by atoms with E-state index in [2.05, 4.69) is 15.3 Å². The largest absolute Gasteiger partial charge is 0.471 e. The Balaban J connectivity index is 1.27. The van der Waals surface area contributed by atoms with E-state index in [4.69, 9.17) is 9.84 Å². The van der Waals surface area contributed by atoms with Crippen molar-refractivity contribution in [2.24, 2.45) is 0 Å². The van der Waals surface area contributed by atoms with E-state index in [1.165, 1.54) is 10.9 Å². The second-order valence-corrected chi connectivity index (χ2v) is 10.7. The number of hydrogen-bond acceptors (Lipinski definition) is 6. The zero-order chi connectivity index (χ0) is 29.7. The number of carbonyl (C=O) groups excluding carboxylic acids is 1. The van der Waals surface area contributed by atoms with Gasteiger partial charge in [-0.1, -0.05) is 17.3 Å². The van der Waals surface area contributed by atoms with Crippen molar-refractivity contribution in [1.29, 1.82) is 0 Å². The van der Waals surface area contributed by atoms with Gasteiger partial charge in [0.05, 0.1) is 17.4 Å². The van der Waals surface area contributed by atoms with Gasteiger partial charge in [0.15, 0.2) is 6.23 Å². The fourth-order valence-electron chi connectivity index (χ4n) is 5.77. The minimum atomic E-state index is -4.92. The second kappa shape index (κ2) is 10.6. The topological polar surface area (TPSA) is 91.0 Å². The van der Waals surface area contributed by atoms with Crippen molar-refractivity contribution < 1.29 is 27.1 Å². The highest BCUT2D eigenvalue weighted by Crippen LogP contribution is 2.35. The van der Waals surface area contributed by atoms with Gasteiger partial charge in [0.1, 0.15) is 11.4 Å². The van der Waals surface area contributed by atoms with Crippen molar-refractivity contribution in [1.82, 2.24) is 34.7 Å². The van der Waals surface area contributed by atoms with Gasteiger partial charge in [-0.25, -0.2) is 14.3 Å². The van der Waals surface area contributed by atoms with Crippen molar-refractivity contribution >= 4 is 16.8 Å². The zero-order valence-electron chi connectivity index (χ0n) is 22.8. The molecular weight excluding hydrogens is 566 g/mol. The van der Waals surface area contributed by atoms with Crippen LogP contribution in [0.3, 0.4) is 0 Å². The van der Waals surface area contributed by atoms with Crippen molar-refractivity contribution in [3.05, 3.63) is 78.0 Å². The summed E-state index contributed by atoms with van der Waals surface area (Å²) in [4.78, 5) is 16.4. The molecule has 2 aliphatic heterocycles. The van der Waals surface area contributed by atoms with Crippen LogP contribution in [0.25, 0.3) is 39.1 Å². The van der Waals surface area contributed by atoms with Crippen molar-refractivity contribution in [2.75, 3.05) is 13.2 Å². The first kappa shape index (κ1) is 27.2. The lowest BCUT2D eigenvalue weighted by molar-refractivity contribution is -0.186. The molecule has 220 valence electrons. The maximum atomic E-state index is 14.6. The van der Waals surface area contributed by atoms with Crippen LogP contribution in [0.15, 0.2) is 60.9 Å². The first-order chi connectivity index (χ1) is 20.8. The van der Waals surface area contributed by atoms with Gasteiger partial charge in [-0.2, -0.15) is 22.7 Å². The number of aromatic nitrogens is 6. The number of ether oxygens (including phenoxy) is 1. The standard InChI is InChI=1S/C30H25F4N7O2/c31-28-22(4-3-11-35-28)19-7-9-25-23(15-19)27(37-41(25)26-5-1-2-13-43-26)24-17-40(38-36-24)21-8-6-18-10-12-39(16-20(18)14-21)29(42)30(32,33)34/h3-4,6-9,11,14-15,17,26H,1-2,5,10,12-13,16H2. The lowest BCUT2D eigenvalue weighted by Crippen LogP contribution is -2.43. The van der Waals surface area contributed by atoms with E-state index in [1.807, 2.05) is 35.0 Å². The quantitative estimate of drug-likeness (QED) is 0.199. The number of carbonyl (C=O) groups is 1. The lowest BCUT2D eigenvalue weighted by atomic mass is 9.99. The van der Waals surface area contributed by atoms with Gasteiger partial charge in [0.25, 0.3) is 0 Å². The van der Waals surface area contributed by atoms with E-state index in [0.29, 0.717) is 46.8 Å². The van der Waals surface area contributed by atoms with E-state index >= 15 is 0 Å². The Kier molecular flexibility index (Phi) is 6.68. The Labute approximate surface area is 242 Å². The number of rotatable bonds is 4. The molecule has 2 aromatic carbocycles. The summed E-state index contributed by atoms with van der Waals surface area (Å²) in [6.45, 7) is 0.484. The van der Waals surface area contributed by atoms with Crippen molar-refractivity contribution in [3.63, 3.8) is 0 Å². The number of pyridine rings is 1. The average molecular weight is 592 g/mol. The average Bonchev–Trinajstić information content (AvgIpc) is 3.65. The molecule has 1 saturated heterocycles. The fourth-order valence-corrected chi connectivity index (χ4v) is 5.77. The molecule has 0 spiro atoms. The van der Waals surface area contributed by atoms with Gasteiger partial charge in [-0.05, 0) is 78.8 Å². The number of halogens is 4. The monoisotopic (exact) mass is 591 g/mol. The molecule has 5 aromatic rings. The predicted octanol–water partition coefficient (Wildman–Crippen LogP) is 5.63. The molecule has 5 heterocycles. The van der Waals surface area contributed by atoms with Crippen LogP contribution in [0.2, 0.25) is 0 Å². The Hall–Kier alpha value is -4.65. The van der Waals surface area contributed by atoms with Crippen LogP contribution in [0.4, 0.5) is 17.6 Å². The maximum absolute atomic E-state index is 14.6. The van der Waals surface area contributed by atoms with Gasteiger partial charge in [0, 0.05) is 36.8 Å². The number of nitrogens with zero attached hydrogens (tertiary/aromatic N) is 7. The molecule has 3 aromatic heterocycles. The smallest absolute Gasteiger partial charge is 0.356 e. The van der Waals surface area contributed by atoms with E-state index in [0.717, 1.165) is 40.6 Å². The van der Waals surface area contributed by atoms with Crippen LogP contribution in [-0.2, 0) is 22.5 Å². The van der Waals surface area contributed by atoms with Crippen molar-refractivity contribution in [3.8, 4) is 28.2 Å². The summed E-state index contributed by atoms with van der Waals surface area (Å²) in [6.07, 6.45) is 1.00. The third-order valence-electron chi connectivity index (χ3n) is 7.94. The Bertz CT molecular complexity index is 1840. The van der Waals surface area contributed by atoms with Crippen LogP contribution in [0.5, 0.6) is 0 Å². The second-order valence-electron chi connectivity index (χ2n) is 10.7. The molecular formula is C30H25F4N7O2. The van der Waals surface area contributed by atoms with Gasteiger partial charge in [-0.3, -0.25) is 4.79 Å². The molecule has 7 rings (SSSR count). The Morgan fingerprint density at radius 1 is 1.05 bits per heavy atom. The summed E-state index contributed by atoms with van der Waals surface area (Å²) in [5.41, 5.74) is 4.84. The summed E-state index contributed by atoms with van der Waals surface area (Å²) in [5, 5.41) is 14.3. The molecule has 1 unspecified atom stereocenters. The third kappa shape index (κ3) is 5.03. The van der Waals surface area contributed by atoms with Crippen LogP contribution in [-0.4, -0.2) is 59.9 Å². The molecule has 1 fully saturated rings. The minimum absolute atomic E-state index is 0.00351. The predicted molar refractivity (Wildman–Crippen MR) is 147 cm³/mol. The normalized spacial score (nSPS) is 17.3. The highest BCUT2D eigenvalue weighted by Gasteiger charge is 2.43. The Morgan fingerprint density at radius 3 is 2.72 bits per heavy atom. The number of alkyl halides is 3. The van der Waals surface area contributed by atoms with Gasteiger partial charge in [-0.15, -0.1) is 5.10 Å². The molecule has 0 radical (unpaired) electrons. The molecule has 43 heavy (non-hydrogen) atoms. The summed E-state index contributed by atoms with van der Waals surface area (Å²) in [7, 11) is 0. The fraction of sp³-hybridized carbons (Fsp3) is 0.300. The molecule has 9 nitrogen and oxygen atoms in total. The molecule has 13 heteroatoms. The molecule has 0 N–H and O–H groups in total. The van der Waals surface area contributed by atoms with Crippen molar-refractivity contribution in [2.45, 2.75) is 44.6 Å². The summed E-state index contributed by atoms with van der Waals surface area (Å²) >= 11 is 0. The van der Waals surface area contributed by atoms with E-state index in [-0.39, 0.29) is 19.3 Å². The van der Waals surface area contributed by atoms with E-state index in [9.17, 15) is 22.4 Å². The van der Waals surface area contributed by atoms with E-state index in [1.54, 1.807) is 24.4 Å². The summed E-state index contributed by atoms with van der Waals surface area (Å²) < 4.78 is 63.1. The molecule has 2 aliphatic rings. The van der Waals surface area contributed by atoms with Gasteiger partial charge >= 0.3 is 12.1 Å². The minimum Gasteiger partial charge on any atom is -0.356 e. The Morgan fingerprint density at radius 2 is 1.93 bits per heavy atom. The highest BCUT2D eigenvalue weighted by molar-refractivity contribution is 5.95. The van der Waals surface area contributed by atoms with Crippen LogP contribution in [0, 0.1) is 5.95 Å². The number of fused-ring (bicyclic) bond motifs is 2. The maximum Gasteiger partial charge on any atom is 0.471 e. The van der Waals surface area contributed by atoms with Crippen LogP contribution < -0.4 is 0 Å². The van der Waals surface area contributed by atoms with Gasteiger partial charge in [0.2, 0.25) is 5.95 Å². The number of benzene rings is 2. The number of hydrogen-bond donors (Lipinski definition) is 0. The third-order valence-corrected chi connectivity index (χ3v) is 7.94. The molecule has 1 atom stereocenters. The highest BCUT2D eigenvalue weighted by atomic mass is 19.4. The SMILES string of the molecule is O=C(N1CCc2ccc(-n3cc(-c4nn(C5CCCCO5)c5ccc(-c6cccnc6F)cc45)nn3)cc2C1)C(F)(F)F. The number of amides is 1. The lowest BCUT2D eigenvalue weighted by Gasteiger charge is -2.29. The summed E-state index contributed by atoms with van der Waals surface area (Å²) in [6, 6.07) is 14.3. The van der Waals surface area contributed by atoms with Gasteiger partial charge < -0.3 is 9.64 Å². The van der Waals surface area contributed by atoms with E-state index < -0.39 is 18.0 Å². The van der Waals surface area contributed by atoms with Crippen LogP contribution >= 0.6 is 0 Å². The zero-order valence-corrected chi connectivity index (χ0v) is 22.8. The summed E-state index contributed by atoms with van der Waals surface area (Å²) in [5.74, 6) is -2.43. The molecule has 0 bridgehead atoms. The molecule has 0 saturated carbocycles. The molecule has 0 aliphatic carbocycles. The first-order valence-corrected chi connectivity index (χ1v) is 13.9. The molecule has 1 amide bonds.